The second-order valence-electron chi connectivity index (χ2n) is 4.75. The number of carbonyl (C=O) groups excluding carboxylic acids is 1. The first kappa shape index (κ1) is 15.8. The van der Waals surface area contributed by atoms with Gasteiger partial charge in [-0.05, 0) is 43.3 Å². The first-order valence-electron chi connectivity index (χ1n) is 6.87. The number of amides is 1. The number of thioether (sulfide) groups is 1. The molecule has 1 N–H and O–H groups in total. The van der Waals surface area contributed by atoms with Crippen LogP contribution in [-0.2, 0) is 4.79 Å². The molecule has 2 heterocycles. The smallest absolute Gasteiger partial charge is 0.234 e. The van der Waals surface area contributed by atoms with Crippen molar-refractivity contribution in [2.75, 3.05) is 11.1 Å². The normalized spacial score (nSPS) is 10.7. The van der Waals surface area contributed by atoms with Gasteiger partial charge in [-0.25, -0.2) is 4.68 Å². The molecule has 0 unspecified atom stereocenters. The minimum atomic E-state index is -0.0861. The van der Waals surface area contributed by atoms with Crippen LogP contribution >= 0.6 is 27.7 Å². The molecule has 0 aliphatic heterocycles. The average molecular weight is 392 g/mol. The molecule has 0 radical (unpaired) electrons. The summed E-state index contributed by atoms with van der Waals surface area (Å²) in [6.45, 7) is 1.87. The van der Waals surface area contributed by atoms with Gasteiger partial charge in [-0.1, -0.05) is 27.7 Å². The van der Waals surface area contributed by atoms with Crippen molar-refractivity contribution in [3.8, 4) is 0 Å². The predicted octanol–water partition coefficient (Wildman–Crippen LogP) is 3.19. The highest BCUT2D eigenvalue weighted by Crippen LogP contribution is 2.18. The number of anilines is 1. The Morgan fingerprint density at radius 3 is 2.61 bits per heavy atom. The lowest BCUT2D eigenvalue weighted by Gasteiger charge is -2.09. The molecule has 8 heteroatoms. The molecule has 1 aromatic carbocycles. The first-order chi connectivity index (χ1) is 11.1. The van der Waals surface area contributed by atoms with Gasteiger partial charge >= 0.3 is 0 Å². The van der Waals surface area contributed by atoms with Crippen LogP contribution in [0.4, 0.5) is 5.69 Å². The topological polar surface area (TPSA) is 64.7 Å². The number of aryl methyl sites for hydroxylation is 1. The van der Waals surface area contributed by atoms with Gasteiger partial charge < -0.3 is 5.32 Å². The fourth-order valence-corrected chi connectivity index (χ4v) is 3.06. The number of aromatic nitrogens is 4. The summed E-state index contributed by atoms with van der Waals surface area (Å²) in [5, 5.41) is 11.7. The number of benzene rings is 1. The minimum Gasteiger partial charge on any atom is -0.325 e. The SMILES string of the molecule is Cc1nnc(SCC(=O)Nc2ccc(Br)cc2)n1-n1cccc1. The number of hydrogen-bond donors (Lipinski definition) is 1. The Morgan fingerprint density at radius 1 is 1.22 bits per heavy atom. The zero-order chi connectivity index (χ0) is 16.2. The van der Waals surface area contributed by atoms with Gasteiger partial charge in [-0.15, -0.1) is 10.2 Å². The molecule has 0 spiro atoms. The number of hydrogen-bond acceptors (Lipinski definition) is 4. The predicted molar refractivity (Wildman–Crippen MR) is 93.5 cm³/mol. The van der Waals surface area contributed by atoms with Crippen molar-refractivity contribution < 1.29 is 4.79 Å². The maximum Gasteiger partial charge on any atom is 0.234 e. The van der Waals surface area contributed by atoms with Crippen LogP contribution in [0.1, 0.15) is 5.82 Å². The third-order valence-corrected chi connectivity index (χ3v) is 4.50. The summed E-state index contributed by atoms with van der Waals surface area (Å²) in [6.07, 6.45) is 3.81. The number of nitrogens with one attached hydrogen (secondary N) is 1. The summed E-state index contributed by atoms with van der Waals surface area (Å²) in [7, 11) is 0. The third-order valence-electron chi connectivity index (χ3n) is 3.05. The van der Waals surface area contributed by atoms with E-state index in [1.807, 2.05) is 65.1 Å². The van der Waals surface area contributed by atoms with Crippen LogP contribution in [0.3, 0.4) is 0 Å². The molecular weight excluding hydrogens is 378 g/mol. The Hall–Kier alpha value is -2.06. The molecule has 2 aromatic heterocycles. The van der Waals surface area contributed by atoms with Gasteiger partial charge in [0.1, 0.15) is 0 Å². The molecule has 118 valence electrons. The van der Waals surface area contributed by atoms with Gasteiger partial charge in [0, 0.05) is 22.6 Å². The molecule has 23 heavy (non-hydrogen) atoms. The molecule has 0 aliphatic carbocycles. The lowest BCUT2D eigenvalue weighted by atomic mass is 10.3. The van der Waals surface area contributed by atoms with Crippen LogP contribution in [0.15, 0.2) is 58.4 Å². The molecule has 6 nitrogen and oxygen atoms in total. The van der Waals surface area contributed by atoms with Crippen molar-refractivity contribution >= 4 is 39.3 Å². The van der Waals surface area contributed by atoms with E-state index in [2.05, 4.69) is 31.4 Å². The number of nitrogens with zero attached hydrogens (tertiary/aromatic N) is 4. The van der Waals surface area contributed by atoms with Crippen molar-refractivity contribution in [3.05, 3.63) is 59.1 Å². The summed E-state index contributed by atoms with van der Waals surface area (Å²) >= 11 is 4.71. The van der Waals surface area contributed by atoms with Crippen LogP contribution in [0.25, 0.3) is 0 Å². The molecule has 0 fully saturated rings. The van der Waals surface area contributed by atoms with E-state index >= 15 is 0 Å². The highest BCUT2D eigenvalue weighted by molar-refractivity contribution is 9.10. The van der Waals surface area contributed by atoms with Crippen LogP contribution < -0.4 is 5.32 Å². The van der Waals surface area contributed by atoms with E-state index in [1.54, 1.807) is 0 Å². The highest BCUT2D eigenvalue weighted by Gasteiger charge is 2.12. The van der Waals surface area contributed by atoms with E-state index in [-0.39, 0.29) is 11.7 Å². The van der Waals surface area contributed by atoms with Gasteiger partial charge in [0.15, 0.2) is 5.82 Å². The Balaban J connectivity index is 1.65. The molecule has 0 saturated heterocycles. The molecule has 0 bridgehead atoms. The summed E-state index contributed by atoms with van der Waals surface area (Å²) < 4.78 is 4.71. The van der Waals surface area contributed by atoms with E-state index in [1.165, 1.54) is 11.8 Å². The number of carbonyl (C=O) groups is 1. The van der Waals surface area contributed by atoms with Crippen LogP contribution in [-0.4, -0.2) is 31.2 Å². The summed E-state index contributed by atoms with van der Waals surface area (Å²) in [6, 6.07) is 11.3. The number of rotatable bonds is 5. The number of halogens is 1. The fourth-order valence-electron chi connectivity index (χ4n) is 2.01. The summed E-state index contributed by atoms with van der Waals surface area (Å²) in [4.78, 5) is 12.1. The molecular formula is C15H14BrN5OS. The van der Waals surface area contributed by atoms with Crippen molar-refractivity contribution in [2.45, 2.75) is 12.1 Å². The van der Waals surface area contributed by atoms with E-state index < -0.39 is 0 Å². The Morgan fingerprint density at radius 2 is 1.91 bits per heavy atom. The van der Waals surface area contributed by atoms with Gasteiger partial charge in [0.25, 0.3) is 0 Å². The van der Waals surface area contributed by atoms with Crippen molar-refractivity contribution in [3.63, 3.8) is 0 Å². The molecule has 3 rings (SSSR count). The highest BCUT2D eigenvalue weighted by atomic mass is 79.9. The van der Waals surface area contributed by atoms with Crippen LogP contribution in [0.5, 0.6) is 0 Å². The minimum absolute atomic E-state index is 0.0861. The van der Waals surface area contributed by atoms with Gasteiger partial charge in [0.2, 0.25) is 11.1 Å². The Labute approximate surface area is 146 Å². The first-order valence-corrected chi connectivity index (χ1v) is 8.65. The van der Waals surface area contributed by atoms with E-state index in [0.29, 0.717) is 5.16 Å². The maximum absolute atomic E-state index is 12.1. The zero-order valence-corrected chi connectivity index (χ0v) is 14.7. The standard InChI is InChI=1S/C15H14BrN5OS/c1-11-18-19-15(21(11)20-8-2-3-9-20)23-10-14(22)17-13-6-4-12(16)5-7-13/h2-9H,10H2,1H3,(H,17,22). The van der Waals surface area contributed by atoms with Crippen LogP contribution in [0, 0.1) is 6.92 Å². The molecule has 1 amide bonds. The molecule has 0 saturated carbocycles. The summed E-state index contributed by atoms with van der Waals surface area (Å²) in [5.41, 5.74) is 0.766. The van der Waals surface area contributed by atoms with Gasteiger partial charge in [-0.3, -0.25) is 9.47 Å². The molecule has 3 aromatic rings. The second kappa shape index (κ2) is 7.01. The van der Waals surface area contributed by atoms with Gasteiger partial charge in [0.05, 0.1) is 5.75 Å². The van der Waals surface area contributed by atoms with E-state index in [0.717, 1.165) is 16.0 Å². The molecule has 0 atom stereocenters. The lowest BCUT2D eigenvalue weighted by Crippen LogP contribution is -2.15. The van der Waals surface area contributed by atoms with Gasteiger partial charge in [-0.2, -0.15) is 0 Å². The van der Waals surface area contributed by atoms with Crippen molar-refractivity contribution in [1.29, 1.82) is 0 Å². The average Bonchev–Trinajstić information content (AvgIpc) is 3.17. The maximum atomic E-state index is 12.1. The van der Waals surface area contributed by atoms with E-state index in [9.17, 15) is 4.79 Å². The Bertz CT molecular complexity index is 798. The van der Waals surface area contributed by atoms with Crippen molar-refractivity contribution in [1.82, 2.24) is 19.5 Å². The monoisotopic (exact) mass is 391 g/mol. The zero-order valence-electron chi connectivity index (χ0n) is 12.3. The third kappa shape index (κ3) is 3.83. The second-order valence-corrected chi connectivity index (χ2v) is 6.61. The van der Waals surface area contributed by atoms with Crippen LogP contribution in [0.2, 0.25) is 0 Å². The van der Waals surface area contributed by atoms with Crippen molar-refractivity contribution in [2.24, 2.45) is 0 Å². The largest absolute Gasteiger partial charge is 0.325 e. The Kier molecular flexibility index (Phi) is 4.82. The summed E-state index contributed by atoms with van der Waals surface area (Å²) in [5.74, 6) is 0.934. The molecule has 0 aliphatic rings. The lowest BCUT2D eigenvalue weighted by molar-refractivity contribution is -0.113. The fraction of sp³-hybridized carbons (Fsp3) is 0.133. The quantitative estimate of drug-likeness (QED) is 0.678. The van der Waals surface area contributed by atoms with E-state index in [4.69, 9.17) is 0 Å².